The van der Waals surface area contributed by atoms with Gasteiger partial charge in [-0.05, 0) is 0 Å². The van der Waals surface area contributed by atoms with Crippen molar-refractivity contribution in [3.8, 4) is 0 Å². The summed E-state index contributed by atoms with van der Waals surface area (Å²) in [6.07, 6.45) is 0. The number of nitrogens with zero attached hydrogens (tertiary/aromatic N) is 3. The Bertz CT molecular complexity index is 201. The average Bonchev–Trinajstić information content (AvgIpc) is 2.21. The van der Waals surface area contributed by atoms with E-state index in [1.165, 1.54) is 0 Å². The SMILES string of the molecule is CN(C)C(=O)CN1CCN(CCO)CC1. The molecule has 1 fully saturated rings. The lowest BCUT2D eigenvalue weighted by molar-refractivity contribution is -0.130. The molecule has 1 rings (SSSR count). The Balaban J connectivity index is 2.22. The molecule has 5 nitrogen and oxygen atoms in total. The molecule has 1 heterocycles. The van der Waals surface area contributed by atoms with Crippen molar-refractivity contribution in [3.05, 3.63) is 0 Å². The van der Waals surface area contributed by atoms with Gasteiger partial charge in [-0.15, -0.1) is 0 Å². The molecule has 0 aliphatic carbocycles. The molecule has 1 saturated heterocycles. The molecule has 0 bridgehead atoms. The summed E-state index contributed by atoms with van der Waals surface area (Å²) in [7, 11) is 3.56. The number of β-amino-alcohol motifs (C(OH)–C–C–N with tert-alkyl or cyclic N) is 1. The highest BCUT2D eigenvalue weighted by atomic mass is 16.3. The first-order chi connectivity index (χ1) is 7.13. The lowest BCUT2D eigenvalue weighted by Crippen LogP contribution is -2.49. The maximum Gasteiger partial charge on any atom is 0.236 e. The van der Waals surface area contributed by atoms with Gasteiger partial charge in [0.05, 0.1) is 13.2 Å². The summed E-state index contributed by atoms with van der Waals surface area (Å²) in [5, 5.41) is 8.79. The normalized spacial score (nSPS) is 19.1. The van der Waals surface area contributed by atoms with Gasteiger partial charge in [-0.25, -0.2) is 0 Å². The van der Waals surface area contributed by atoms with E-state index in [9.17, 15) is 4.79 Å². The maximum absolute atomic E-state index is 11.4. The second-order valence-electron chi connectivity index (χ2n) is 4.13. The van der Waals surface area contributed by atoms with Gasteiger partial charge in [-0.1, -0.05) is 0 Å². The van der Waals surface area contributed by atoms with Crippen LogP contribution in [-0.2, 0) is 4.79 Å². The molecule has 0 atom stereocenters. The van der Waals surface area contributed by atoms with Crippen LogP contribution in [0.2, 0.25) is 0 Å². The minimum Gasteiger partial charge on any atom is -0.395 e. The van der Waals surface area contributed by atoms with Crippen molar-refractivity contribution in [1.82, 2.24) is 14.7 Å². The van der Waals surface area contributed by atoms with Crippen LogP contribution >= 0.6 is 0 Å². The Morgan fingerprint density at radius 2 is 1.73 bits per heavy atom. The number of aliphatic hydroxyl groups excluding tert-OH is 1. The zero-order chi connectivity index (χ0) is 11.3. The van der Waals surface area contributed by atoms with E-state index in [2.05, 4.69) is 9.80 Å². The lowest BCUT2D eigenvalue weighted by Gasteiger charge is -2.34. The van der Waals surface area contributed by atoms with E-state index in [0.29, 0.717) is 6.54 Å². The van der Waals surface area contributed by atoms with Crippen LogP contribution in [0.4, 0.5) is 0 Å². The molecule has 0 aromatic heterocycles. The molecule has 1 aliphatic rings. The first kappa shape index (κ1) is 12.4. The van der Waals surface area contributed by atoms with Crippen LogP contribution in [0, 0.1) is 0 Å². The van der Waals surface area contributed by atoms with E-state index in [4.69, 9.17) is 5.11 Å². The summed E-state index contributed by atoms with van der Waals surface area (Å²) in [4.78, 5) is 17.5. The number of aliphatic hydroxyl groups is 1. The molecular weight excluding hydrogens is 194 g/mol. The first-order valence-electron chi connectivity index (χ1n) is 5.39. The molecule has 0 aromatic carbocycles. The summed E-state index contributed by atoms with van der Waals surface area (Å²) >= 11 is 0. The molecular formula is C10H21N3O2. The molecule has 0 radical (unpaired) electrons. The van der Waals surface area contributed by atoms with Crippen LogP contribution in [0.5, 0.6) is 0 Å². The van der Waals surface area contributed by atoms with Gasteiger partial charge >= 0.3 is 0 Å². The predicted molar refractivity (Wildman–Crippen MR) is 58.7 cm³/mol. The third-order valence-electron chi connectivity index (χ3n) is 2.74. The number of hydrogen-bond donors (Lipinski definition) is 1. The largest absolute Gasteiger partial charge is 0.395 e. The summed E-state index contributed by atoms with van der Waals surface area (Å²) in [6, 6.07) is 0. The van der Waals surface area contributed by atoms with Crippen LogP contribution in [0.15, 0.2) is 0 Å². The highest BCUT2D eigenvalue weighted by Gasteiger charge is 2.18. The predicted octanol–water partition coefficient (Wildman–Crippen LogP) is -1.32. The minimum atomic E-state index is 0.158. The second-order valence-corrected chi connectivity index (χ2v) is 4.13. The number of piperazine rings is 1. The molecule has 0 unspecified atom stereocenters. The molecule has 15 heavy (non-hydrogen) atoms. The van der Waals surface area contributed by atoms with E-state index < -0.39 is 0 Å². The van der Waals surface area contributed by atoms with Gasteiger partial charge in [0.25, 0.3) is 0 Å². The van der Waals surface area contributed by atoms with Crippen molar-refractivity contribution in [2.45, 2.75) is 0 Å². The van der Waals surface area contributed by atoms with Crippen molar-refractivity contribution < 1.29 is 9.90 Å². The molecule has 1 N–H and O–H groups in total. The standard InChI is InChI=1S/C10H21N3O2/c1-11(2)10(15)9-13-5-3-12(4-6-13)7-8-14/h14H,3-9H2,1-2H3. The fourth-order valence-electron chi connectivity index (χ4n) is 1.65. The maximum atomic E-state index is 11.4. The second kappa shape index (κ2) is 6.05. The minimum absolute atomic E-state index is 0.158. The van der Waals surface area contributed by atoms with Crippen molar-refractivity contribution in [2.24, 2.45) is 0 Å². The average molecular weight is 215 g/mol. The van der Waals surface area contributed by atoms with Crippen LogP contribution in [0.1, 0.15) is 0 Å². The van der Waals surface area contributed by atoms with E-state index in [1.54, 1.807) is 19.0 Å². The molecule has 1 aliphatic heterocycles. The Morgan fingerprint density at radius 1 is 1.20 bits per heavy atom. The summed E-state index contributed by atoms with van der Waals surface area (Å²) < 4.78 is 0. The van der Waals surface area contributed by atoms with E-state index in [-0.39, 0.29) is 12.5 Å². The van der Waals surface area contributed by atoms with Gasteiger partial charge in [0.1, 0.15) is 0 Å². The van der Waals surface area contributed by atoms with Crippen LogP contribution in [-0.4, -0.2) is 85.7 Å². The Kier molecular flexibility index (Phi) is 5.01. The van der Waals surface area contributed by atoms with E-state index in [1.807, 2.05) is 0 Å². The van der Waals surface area contributed by atoms with Gasteiger partial charge < -0.3 is 10.0 Å². The summed E-state index contributed by atoms with van der Waals surface area (Å²) in [5.41, 5.74) is 0. The number of amides is 1. The lowest BCUT2D eigenvalue weighted by atomic mass is 10.3. The van der Waals surface area contributed by atoms with Crippen molar-refractivity contribution in [3.63, 3.8) is 0 Å². The van der Waals surface area contributed by atoms with Gasteiger partial charge in [0, 0.05) is 46.8 Å². The van der Waals surface area contributed by atoms with Crippen molar-refractivity contribution >= 4 is 5.91 Å². The smallest absolute Gasteiger partial charge is 0.236 e. The van der Waals surface area contributed by atoms with Crippen LogP contribution < -0.4 is 0 Å². The summed E-state index contributed by atoms with van der Waals surface area (Å²) in [5.74, 6) is 0.158. The molecule has 0 aromatic rings. The Labute approximate surface area is 91.3 Å². The number of rotatable bonds is 4. The Hall–Kier alpha value is -0.650. The monoisotopic (exact) mass is 215 g/mol. The number of carbonyl (C=O) groups is 1. The molecule has 0 saturated carbocycles. The van der Waals surface area contributed by atoms with Crippen LogP contribution in [0.25, 0.3) is 0 Å². The zero-order valence-corrected chi connectivity index (χ0v) is 9.65. The zero-order valence-electron chi connectivity index (χ0n) is 9.65. The van der Waals surface area contributed by atoms with Gasteiger partial charge in [-0.3, -0.25) is 14.6 Å². The highest BCUT2D eigenvalue weighted by Crippen LogP contribution is 2.01. The third-order valence-corrected chi connectivity index (χ3v) is 2.74. The fourth-order valence-corrected chi connectivity index (χ4v) is 1.65. The molecule has 0 spiro atoms. The number of hydrogen-bond acceptors (Lipinski definition) is 4. The third kappa shape index (κ3) is 4.15. The molecule has 5 heteroatoms. The number of carbonyl (C=O) groups excluding carboxylic acids is 1. The molecule has 88 valence electrons. The van der Waals surface area contributed by atoms with E-state index >= 15 is 0 Å². The quantitative estimate of drug-likeness (QED) is 0.632. The highest BCUT2D eigenvalue weighted by molar-refractivity contribution is 5.77. The van der Waals surface area contributed by atoms with Crippen LogP contribution in [0.3, 0.4) is 0 Å². The number of likely N-dealkylation sites (N-methyl/N-ethyl adjacent to an activating group) is 1. The Morgan fingerprint density at radius 3 is 2.20 bits per heavy atom. The van der Waals surface area contributed by atoms with Gasteiger partial charge in [-0.2, -0.15) is 0 Å². The summed E-state index contributed by atoms with van der Waals surface area (Å²) in [6.45, 7) is 5.20. The topological polar surface area (TPSA) is 47.0 Å². The van der Waals surface area contributed by atoms with Crippen molar-refractivity contribution in [1.29, 1.82) is 0 Å². The first-order valence-corrected chi connectivity index (χ1v) is 5.39. The van der Waals surface area contributed by atoms with Crippen molar-refractivity contribution in [2.75, 3.05) is 60.0 Å². The van der Waals surface area contributed by atoms with E-state index in [0.717, 1.165) is 32.7 Å². The fraction of sp³-hybridized carbons (Fsp3) is 0.900. The van der Waals surface area contributed by atoms with Gasteiger partial charge in [0.15, 0.2) is 0 Å². The van der Waals surface area contributed by atoms with Gasteiger partial charge in [0.2, 0.25) is 5.91 Å². The molecule has 1 amide bonds.